The van der Waals surface area contributed by atoms with Crippen LogP contribution in [0.15, 0.2) is 36.7 Å². The molecule has 0 saturated carbocycles. The quantitative estimate of drug-likeness (QED) is 0.733. The van der Waals surface area contributed by atoms with Crippen molar-refractivity contribution in [2.24, 2.45) is 7.05 Å². The first-order chi connectivity index (χ1) is 6.75. The predicted octanol–water partition coefficient (Wildman–Crippen LogP) is 1.79. The number of nitrogens with two attached hydrogens (primary N) is 1. The first-order valence-corrected chi connectivity index (χ1v) is 4.26. The lowest BCUT2D eigenvalue weighted by atomic mass is 10.3. The molecular formula is C10H11N3O. The third kappa shape index (κ3) is 1.69. The first-order valence-electron chi connectivity index (χ1n) is 4.26. The van der Waals surface area contributed by atoms with Crippen LogP contribution in [0, 0.1) is 0 Å². The molecule has 2 aromatic rings. The molecule has 0 aliphatic rings. The summed E-state index contributed by atoms with van der Waals surface area (Å²) in [5, 5.41) is 0. The fraction of sp³-hybridized carbons (Fsp3) is 0.100. The van der Waals surface area contributed by atoms with Crippen molar-refractivity contribution in [1.29, 1.82) is 0 Å². The molecule has 0 atom stereocenters. The van der Waals surface area contributed by atoms with Crippen LogP contribution in [-0.4, -0.2) is 9.55 Å². The summed E-state index contributed by atoms with van der Waals surface area (Å²) in [5.41, 5.74) is 6.30. The van der Waals surface area contributed by atoms with E-state index in [1.54, 1.807) is 16.8 Å². The van der Waals surface area contributed by atoms with Gasteiger partial charge in [-0.3, -0.25) is 0 Å². The van der Waals surface area contributed by atoms with Gasteiger partial charge in [-0.05, 0) is 12.1 Å². The topological polar surface area (TPSA) is 53.1 Å². The van der Waals surface area contributed by atoms with Crippen molar-refractivity contribution < 1.29 is 4.74 Å². The van der Waals surface area contributed by atoms with E-state index in [4.69, 9.17) is 10.5 Å². The SMILES string of the molecule is Cn1ccnc1Oc1cccc(N)c1. The Kier molecular flexibility index (Phi) is 2.10. The Labute approximate surface area is 81.9 Å². The molecule has 1 heterocycles. The van der Waals surface area contributed by atoms with Crippen molar-refractivity contribution in [1.82, 2.24) is 9.55 Å². The zero-order chi connectivity index (χ0) is 9.97. The number of anilines is 1. The number of aromatic nitrogens is 2. The van der Waals surface area contributed by atoms with Crippen LogP contribution in [0.2, 0.25) is 0 Å². The van der Waals surface area contributed by atoms with Gasteiger partial charge in [0.25, 0.3) is 0 Å². The molecule has 0 aliphatic carbocycles. The van der Waals surface area contributed by atoms with Gasteiger partial charge in [-0.1, -0.05) is 6.07 Å². The molecule has 0 bridgehead atoms. The number of hydrogen-bond acceptors (Lipinski definition) is 3. The Morgan fingerprint density at radius 3 is 2.93 bits per heavy atom. The van der Waals surface area contributed by atoms with Gasteiger partial charge in [0.1, 0.15) is 5.75 Å². The number of nitrogens with zero attached hydrogens (tertiary/aromatic N) is 2. The monoisotopic (exact) mass is 189 g/mol. The summed E-state index contributed by atoms with van der Waals surface area (Å²) in [6, 6.07) is 7.80. The van der Waals surface area contributed by atoms with Crippen LogP contribution < -0.4 is 10.5 Å². The lowest BCUT2D eigenvalue weighted by Crippen LogP contribution is -1.94. The molecule has 0 amide bonds. The average molecular weight is 189 g/mol. The number of aryl methyl sites for hydroxylation is 1. The number of nitrogen functional groups attached to an aromatic ring is 1. The van der Waals surface area contributed by atoms with E-state index in [1.807, 2.05) is 31.4 Å². The van der Waals surface area contributed by atoms with E-state index in [9.17, 15) is 0 Å². The molecule has 2 N–H and O–H groups in total. The Hall–Kier alpha value is -1.97. The minimum absolute atomic E-state index is 0.551. The van der Waals surface area contributed by atoms with E-state index in [2.05, 4.69) is 4.98 Å². The number of benzene rings is 1. The molecule has 14 heavy (non-hydrogen) atoms. The maximum atomic E-state index is 5.62. The van der Waals surface area contributed by atoms with Gasteiger partial charge in [0.2, 0.25) is 0 Å². The Balaban J connectivity index is 2.23. The van der Waals surface area contributed by atoms with Gasteiger partial charge in [-0.25, -0.2) is 4.98 Å². The zero-order valence-electron chi connectivity index (χ0n) is 7.84. The van der Waals surface area contributed by atoms with Crippen LogP contribution in [0.4, 0.5) is 5.69 Å². The van der Waals surface area contributed by atoms with Crippen LogP contribution >= 0.6 is 0 Å². The molecule has 0 fully saturated rings. The number of hydrogen-bond donors (Lipinski definition) is 1. The molecule has 0 unspecified atom stereocenters. The van der Waals surface area contributed by atoms with Crippen LogP contribution in [0.25, 0.3) is 0 Å². The van der Waals surface area contributed by atoms with Gasteiger partial charge in [0, 0.05) is 31.2 Å². The van der Waals surface area contributed by atoms with Crippen molar-refractivity contribution in [3.8, 4) is 11.8 Å². The summed E-state index contributed by atoms with van der Waals surface area (Å²) in [4.78, 5) is 4.04. The number of ether oxygens (including phenoxy) is 1. The maximum Gasteiger partial charge on any atom is 0.301 e. The second-order valence-electron chi connectivity index (χ2n) is 3.00. The Morgan fingerprint density at radius 1 is 1.43 bits per heavy atom. The molecule has 1 aromatic heterocycles. The maximum absolute atomic E-state index is 5.62. The predicted molar refractivity (Wildman–Crippen MR) is 54.1 cm³/mol. The average Bonchev–Trinajstić information content (AvgIpc) is 2.52. The van der Waals surface area contributed by atoms with E-state index < -0.39 is 0 Å². The summed E-state index contributed by atoms with van der Waals surface area (Å²) in [6.45, 7) is 0. The van der Waals surface area contributed by atoms with E-state index >= 15 is 0 Å². The number of imidazole rings is 1. The Morgan fingerprint density at radius 2 is 2.29 bits per heavy atom. The second kappa shape index (κ2) is 3.41. The van der Waals surface area contributed by atoms with Crippen LogP contribution in [0.1, 0.15) is 0 Å². The molecule has 4 heteroatoms. The second-order valence-corrected chi connectivity index (χ2v) is 3.00. The third-order valence-corrected chi connectivity index (χ3v) is 1.84. The molecular weight excluding hydrogens is 178 g/mol. The summed E-state index contributed by atoms with van der Waals surface area (Å²) in [5.74, 6) is 0.694. The first kappa shape index (κ1) is 8.62. The van der Waals surface area contributed by atoms with Gasteiger partial charge < -0.3 is 15.0 Å². The lowest BCUT2D eigenvalue weighted by Gasteiger charge is -2.04. The number of rotatable bonds is 2. The highest BCUT2D eigenvalue weighted by Crippen LogP contribution is 2.20. The van der Waals surface area contributed by atoms with Gasteiger partial charge in [0.05, 0.1) is 0 Å². The minimum Gasteiger partial charge on any atom is -0.425 e. The molecule has 0 spiro atoms. The van der Waals surface area contributed by atoms with Gasteiger partial charge in [-0.15, -0.1) is 0 Å². The normalized spacial score (nSPS) is 10.1. The smallest absolute Gasteiger partial charge is 0.301 e. The van der Waals surface area contributed by atoms with E-state index in [-0.39, 0.29) is 0 Å². The van der Waals surface area contributed by atoms with E-state index in [0.29, 0.717) is 17.4 Å². The summed E-state index contributed by atoms with van der Waals surface area (Å²) in [6.07, 6.45) is 3.50. The zero-order valence-corrected chi connectivity index (χ0v) is 7.84. The molecule has 72 valence electrons. The van der Waals surface area contributed by atoms with Crippen LogP contribution in [0.5, 0.6) is 11.8 Å². The van der Waals surface area contributed by atoms with Crippen molar-refractivity contribution >= 4 is 5.69 Å². The summed E-state index contributed by atoms with van der Waals surface area (Å²) < 4.78 is 7.30. The van der Waals surface area contributed by atoms with Crippen molar-refractivity contribution in [2.45, 2.75) is 0 Å². The highest BCUT2D eigenvalue weighted by atomic mass is 16.5. The molecule has 4 nitrogen and oxygen atoms in total. The fourth-order valence-corrected chi connectivity index (χ4v) is 1.13. The fourth-order valence-electron chi connectivity index (χ4n) is 1.13. The van der Waals surface area contributed by atoms with Crippen molar-refractivity contribution in [2.75, 3.05) is 5.73 Å². The van der Waals surface area contributed by atoms with Gasteiger partial charge in [0.15, 0.2) is 0 Å². The highest BCUT2D eigenvalue weighted by Gasteiger charge is 2.01. The molecule has 1 aromatic carbocycles. The minimum atomic E-state index is 0.551. The summed E-state index contributed by atoms with van der Waals surface area (Å²) >= 11 is 0. The van der Waals surface area contributed by atoms with Gasteiger partial charge in [-0.2, -0.15) is 0 Å². The van der Waals surface area contributed by atoms with Crippen LogP contribution in [0.3, 0.4) is 0 Å². The standard InChI is InChI=1S/C10H11N3O/c1-13-6-5-12-10(13)14-9-4-2-3-8(11)7-9/h2-7H,11H2,1H3. The lowest BCUT2D eigenvalue weighted by molar-refractivity contribution is 0.425. The largest absolute Gasteiger partial charge is 0.425 e. The van der Waals surface area contributed by atoms with Gasteiger partial charge >= 0.3 is 6.01 Å². The van der Waals surface area contributed by atoms with Crippen molar-refractivity contribution in [3.05, 3.63) is 36.7 Å². The van der Waals surface area contributed by atoms with Crippen molar-refractivity contribution in [3.63, 3.8) is 0 Å². The van der Waals surface area contributed by atoms with E-state index in [0.717, 1.165) is 0 Å². The van der Waals surface area contributed by atoms with E-state index in [1.165, 1.54) is 0 Å². The molecule has 2 rings (SSSR count). The van der Waals surface area contributed by atoms with Crippen LogP contribution in [-0.2, 0) is 7.05 Å². The highest BCUT2D eigenvalue weighted by molar-refractivity contribution is 5.44. The summed E-state index contributed by atoms with van der Waals surface area (Å²) in [7, 11) is 1.87. The molecule has 0 saturated heterocycles. The molecule has 0 radical (unpaired) electrons. The Bertz CT molecular complexity index is 436. The third-order valence-electron chi connectivity index (χ3n) is 1.84. The molecule has 0 aliphatic heterocycles.